The van der Waals surface area contributed by atoms with Gasteiger partial charge in [-0.2, -0.15) is 0 Å². The van der Waals surface area contributed by atoms with Crippen LogP contribution in [0, 0.1) is 5.92 Å². The number of nitrogens with one attached hydrogen (secondary N) is 1. The summed E-state index contributed by atoms with van der Waals surface area (Å²) in [5.74, 6) is 2.17. The van der Waals surface area contributed by atoms with E-state index in [1.54, 1.807) is 7.11 Å². The molecule has 4 nitrogen and oxygen atoms in total. The van der Waals surface area contributed by atoms with E-state index >= 15 is 0 Å². The van der Waals surface area contributed by atoms with Gasteiger partial charge in [0.2, 0.25) is 0 Å². The third kappa shape index (κ3) is 2.27. The van der Waals surface area contributed by atoms with Crippen molar-refractivity contribution in [3.63, 3.8) is 0 Å². The molecule has 1 heterocycles. The number of aromatic nitrogens is 2. The van der Waals surface area contributed by atoms with Crippen molar-refractivity contribution in [2.45, 2.75) is 39.2 Å². The van der Waals surface area contributed by atoms with Crippen molar-refractivity contribution in [2.75, 3.05) is 19.5 Å². The summed E-state index contributed by atoms with van der Waals surface area (Å²) in [6.07, 6.45) is 3.31. The highest BCUT2D eigenvalue weighted by molar-refractivity contribution is 5.48. The second kappa shape index (κ2) is 5.00. The minimum absolute atomic E-state index is 0.0204. The maximum Gasteiger partial charge on any atom is 0.159 e. The number of aryl methyl sites for hydroxylation is 1. The molecule has 1 aromatic rings. The fraction of sp³-hybridized carbons (Fsp3) is 0.692. The molecular formula is C13H21N3O. The lowest BCUT2D eigenvalue weighted by atomic mass is 10.1. The number of ether oxygens (including phenoxy) is 1. The molecule has 1 atom stereocenters. The van der Waals surface area contributed by atoms with Crippen LogP contribution < -0.4 is 5.32 Å². The monoisotopic (exact) mass is 235 g/mol. The molecule has 0 aliphatic heterocycles. The average molecular weight is 235 g/mol. The van der Waals surface area contributed by atoms with Crippen LogP contribution in [-0.4, -0.2) is 24.1 Å². The Balaban J connectivity index is 2.42. The van der Waals surface area contributed by atoms with Gasteiger partial charge in [-0.1, -0.05) is 13.8 Å². The van der Waals surface area contributed by atoms with Gasteiger partial charge in [-0.3, -0.25) is 0 Å². The number of hydrogen-bond donors (Lipinski definition) is 1. The molecule has 17 heavy (non-hydrogen) atoms. The molecule has 0 amide bonds. The summed E-state index contributed by atoms with van der Waals surface area (Å²) < 4.78 is 5.50. The van der Waals surface area contributed by atoms with E-state index in [-0.39, 0.29) is 6.10 Å². The summed E-state index contributed by atoms with van der Waals surface area (Å²) in [5, 5.41) is 3.18. The molecule has 1 aliphatic carbocycles. The maximum atomic E-state index is 5.50. The van der Waals surface area contributed by atoms with Crippen LogP contribution in [-0.2, 0) is 17.6 Å². The Bertz CT molecular complexity index is 404. The Labute approximate surface area is 103 Å². The zero-order valence-corrected chi connectivity index (χ0v) is 11.1. The predicted octanol–water partition coefficient (Wildman–Crippen LogP) is 2.35. The summed E-state index contributed by atoms with van der Waals surface area (Å²) in [7, 11) is 3.64. The Morgan fingerprint density at radius 1 is 1.24 bits per heavy atom. The van der Waals surface area contributed by atoms with Crippen molar-refractivity contribution in [2.24, 2.45) is 5.92 Å². The summed E-state index contributed by atoms with van der Waals surface area (Å²) >= 11 is 0. The molecule has 0 spiro atoms. The molecule has 94 valence electrons. The van der Waals surface area contributed by atoms with Gasteiger partial charge in [0.05, 0.1) is 0 Å². The molecule has 1 aliphatic rings. The number of nitrogens with zero attached hydrogens (tertiary/aromatic N) is 2. The van der Waals surface area contributed by atoms with E-state index in [1.165, 1.54) is 17.7 Å². The number of anilines is 1. The first-order valence-electron chi connectivity index (χ1n) is 6.27. The standard InChI is InChI=1S/C13H21N3O/c1-8(2)11(17-4)13-15-10-7-5-6-9(10)12(14-3)16-13/h8,11H,5-7H2,1-4H3,(H,14,15,16). The number of hydrogen-bond acceptors (Lipinski definition) is 4. The quantitative estimate of drug-likeness (QED) is 0.870. The molecule has 1 aromatic heterocycles. The van der Waals surface area contributed by atoms with Crippen molar-refractivity contribution in [1.29, 1.82) is 0 Å². The highest BCUT2D eigenvalue weighted by Gasteiger charge is 2.24. The molecule has 4 heteroatoms. The van der Waals surface area contributed by atoms with E-state index < -0.39 is 0 Å². The lowest BCUT2D eigenvalue weighted by Gasteiger charge is -2.19. The van der Waals surface area contributed by atoms with E-state index in [0.29, 0.717) is 5.92 Å². The predicted molar refractivity (Wildman–Crippen MR) is 68.2 cm³/mol. The third-order valence-electron chi connectivity index (χ3n) is 3.30. The number of rotatable bonds is 4. The van der Waals surface area contributed by atoms with Crippen LogP contribution in [0.1, 0.15) is 43.5 Å². The molecule has 0 bridgehead atoms. The van der Waals surface area contributed by atoms with Crippen molar-refractivity contribution in [1.82, 2.24) is 9.97 Å². The molecule has 0 radical (unpaired) electrons. The maximum absolute atomic E-state index is 5.50. The fourth-order valence-electron chi connectivity index (χ4n) is 2.46. The van der Waals surface area contributed by atoms with E-state index in [9.17, 15) is 0 Å². The molecule has 1 N–H and O–H groups in total. The van der Waals surface area contributed by atoms with Crippen molar-refractivity contribution in [3.8, 4) is 0 Å². The van der Waals surface area contributed by atoms with Gasteiger partial charge in [0.1, 0.15) is 11.9 Å². The summed E-state index contributed by atoms with van der Waals surface area (Å²) in [6, 6.07) is 0. The van der Waals surface area contributed by atoms with Crippen LogP contribution in [0.4, 0.5) is 5.82 Å². The van der Waals surface area contributed by atoms with Crippen LogP contribution in [0.25, 0.3) is 0 Å². The van der Waals surface area contributed by atoms with Gasteiger partial charge in [-0.25, -0.2) is 9.97 Å². The van der Waals surface area contributed by atoms with Gasteiger partial charge in [-0.15, -0.1) is 0 Å². The Morgan fingerprint density at radius 3 is 2.59 bits per heavy atom. The van der Waals surface area contributed by atoms with Crippen molar-refractivity contribution in [3.05, 3.63) is 17.1 Å². The smallest absolute Gasteiger partial charge is 0.159 e. The van der Waals surface area contributed by atoms with Gasteiger partial charge in [0.25, 0.3) is 0 Å². The average Bonchev–Trinajstić information content (AvgIpc) is 2.76. The SMILES string of the molecule is CNc1nc(C(OC)C(C)C)nc2c1CCC2. The molecule has 2 rings (SSSR count). The molecule has 0 fully saturated rings. The fourth-order valence-corrected chi connectivity index (χ4v) is 2.46. The Kier molecular flexibility index (Phi) is 3.62. The second-order valence-corrected chi connectivity index (χ2v) is 4.86. The highest BCUT2D eigenvalue weighted by Crippen LogP contribution is 2.30. The van der Waals surface area contributed by atoms with Crippen LogP contribution in [0.3, 0.4) is 0 Å². The van der Waals surface area contributed by atoms with Crippen LogP contribution in [0.5, 0.6) is 0 Å². The highest BCUT2D eigenvalue weighted by atomic mass is 16.5. The second-order valence-electron chi connectivity index (χ2n) is 4.86. The van der Waals surface area contributed by atoms with Crippen LogP contribution >= 0.6 is 0 Å². The van der Waals surface area contributed by atoms with Crippen LogP contribution in [0.2, 0.25) is 0 Å². The molecule has 1 unspecified atom stereocenters. The largest absolute Gasteiger partial charge is 0.373 e. The topological polar surface area (TPSA) is 47.0 Å². The van der Waals surface area contributed by atoms with Gasteiger partial charge < -0.3 is 10.1 Å². The third-order valence-corrected chi connectivity index (χ3v) is 3.30. The zero-order valence-electron chi connectivity index (χ0n) is 11.1. The minimum Gasteiger partial charge on any atom is -0.373 e. The number of methoxy groups -OCH3 is 1. The van der Waals surface area contributed by atoms with Gasteiger partial charge in [-0.05, 0) is 25.2 Å². The normalized spacial score (nSPS) is 16.1. The lowest BCUT2D eigenvalue weighted by Crippen LogP contribution is -2.15. The Morgan fingerprint density at radius 2 is 2.00 bits per heavy atom. The molecule has 0 saturated carbocycles. The van der Waals surface area contributed by atoms with E-state index in [1.807, 2.05) is 7.05 Å². The van der Waals surface area contributed by atoms with Gasteiger partial charge in [0, 0.05) is 25.4 Å². The first kappa shape index (κ1) is 12.3. The van der Waals surface area contributed by atoms with Crippen LogP contribution in [0.15, 0.2) is 0 Å². The lowest BCUT2D eigenvalue weighted by molar-refractivity contribution is 0.0574. The van der Waals surface area contributed by atoms with Crippen molar-refractivity contribution < 1.29 is 4.74 Å². The number of fused-ring (bicyclic) bond motifs is 1. The molecule has 0 saturated heterocycles. The van der Waals surface area contributed by atoms with E-state index in [2.05, 4.69) is 29.1 Å². The summed E-state index contributed by atoms with van der Waals surface area (Å²) in [4.78, 5) is 9.29. The van der Waals surface area contributed by atoms with E-state index in [4.69, 9.17) is 4.74 Å². The van der Waals surface area contributed by atoms with Gasteiger partial charge in [0.15, 0.2) is 5.82 Å². The van der Waals surface area contributed by atoms with Crippen molar-refractivity contribution >= 4 is 5.82 Å². The Hall–Kier alpha value is -1.16. The zero-order chi connectivity index (χ0) is 12.4. The molecular weight excluding hydrogens is 214 g/mol. The summed E-state index contributed by atoms with van der Waals surface area (Å²) in [5.41, 5.74) is 2.48. The minimum atomic E-state index is -0.0204. The summed E-state index contributed by atoms with van der Waals surface area (Å²) in [6.45, 7) is 4.26. The first-order valence-corrected chi connectivity index (χ1v) is 6.27. The van der Waals surface area contributed by atoms with E-state index in [0.717, 1.165) is 24.5 Å². The molecule has 0 aromatic carbocycles. The first-order chi connectivity index (χ1) is 8.17. The van der Waals surface area contributed by atoms with Gasteiger partial charge >= 0.3 is 0 Å².